The molecule has 166 valence electrons. The Morgan fingerprint density at radius 3 is 2.53 bits per heavy atom. The SMILES string of the molecule is CCC.N#Cc1cnc2c(cnn2-c2cc(NC3CC3)c(C(=O)NC3CCCC3)cn2)c1. The number of fused-ring (bicyclic) bond motifs is 1. The molecule has 1 amide bonds. The third kappa shape index (κ3) is 4.88. The number of rotatable bonds is 5. The predicted molar refractivity (Wildman–Crippen MR) is 124 cm³/mol. The van der Waals surface area contributed by atoms with Gasteiger partial charge in [-0.15, -0.1) is 0 Å². The van der Waals surface area contributed by atoms with Gasteiger partial charge in [0.2, 0.25) is 0 Å². The van der Waals surface area contributed by atoms with Gasteiger partial charge in [0.15, 0.2) is 11.5 Å². The van der Waals surface area contributed by atoms with Gasteiger partial charge in [-0.3, -0.25) is 4.79 Å². The molecule has 2 aliphatic carbocycles. The molecule has 3 heterocycles. The van der Waals surface area contributed by atoms with Gasteiger partial charge >= 0.3 is 0 Å². The van der Waals surface area contributed by atoms with Gasteiger partial charge in [-0.2, -0.15) is 15.0 Å². The predicted octanol–water partition coefficient (Wildman–Crippen LogP) is 4.35. The van der Waals surface area contributed by atoms with Crippen LogP contribution in [0.25, 0.3) is 16.9 Å². The lowest BCUT2D eigenvalue weighted by atomic mass is 10.1. The van der Waals surface area contributed by atoms with Gasteiger partial charge in [-0.05, 0) is 31.7 Å². The number of anilines is 1. The number of nitriles is 1. The quantitative estimate of drug-likeness (QED) is 0.622. The van der Waals surface area contributed by atoms with E-state index in [0.29, 0.717) is 28.6 Å². The Labute approximate surface area is 188 Å². The van der Waals surface area contributed by atoms with Gasteiger partial charge in [-0.25, -0.2) is 9.97 Å². The zero-order valence-electron chi connectivity index (χ0n) is 18.6. The number of nitrogens with one attached hydrogen (secondary N) is 2. The number of nitrogens with zero attached hydrogens (tertiary/aromatic N) is 5. The molecular weight excluding hydrogens is 402 g/mol. The summed E-state index contributed by atoms with van der Waals surface area (Å²) in [6, 6.07) is 6.34. The fourth-order valence-electron chi connectivity index (χ4n) is 3.79. The lowest BCUT2D eigenvalue weighted by molar-refractivity contribution is 0.0938. The van der Waals surface area contributed by atoms with Crippen molar-refractivity contribution < 1.29 is 4.79 Å². The van der Waals surface area contributed by atoms with E-state index in [1.54, 1.807) is 23.1 Å². The van der Waals surface area contributed by atoms with Crippen LogP contribution >= 0.6 is 0 Å². The molecule has 2 saturated carbocycles. The number of aromatic nitrogens is 4. The summed E-state index contributed by atoms with van der Waals surface area (Å²) in [5, 5.41) is 20.8. The molecule has 0 bridgehead atoms. The molecule has 8 nitrogen and oxygen atoms in total. The van der Waals surface area contributed by atoms with Gasteiger partial charge in [0.25, 0.3) is 5.91 Å². The van der Waals surface area contributed by atoms with E-state index in [4.69, 9.17) is 5.26 Å². The summed E-state index contributed by atoms with van der Waals surface area (Å²) >= 11 is 0. The third-order valence-electron chi connectivity index (χ3n) is 5.52. The zero-order chi connectivity index (χ0) is 22.5. The molecule has 2 aliphatic rings. The Kier molecular flexibility index (Phi) is 6.64. The molecule has 3 aromatic rings. The molecule has 0 atom stereocenters. The highest BCUT2D eigenvalue weighted by molar-refractivity contribution is 6.00. The van der Waals surface area contributed by atoms with E-state index in [2.05, 4.69) is 45.6 Å². The second-order valence-electron chi connectivity index (χ2n) is 8.47. The number of carbonyl (C=O) groups is 1. The lowest BCUT2D eigenvalue weighted by Crippen LogP contribution is -2.33. The molecule has 2 N–H and O–H groups in total. The summed E-state index contributed by atoms with van der Waals surface area (Å²) in [6.45, 7) is 4.25. The Bertz CT molecular complexity index is 1140. The summed E-state index contributed by atoms with van der Waals surface area (Å²) in [7, 11) is 0. The Morgan fingerprint density at radius 1 is 1.09 bits per heavy atom. The Morgan fingerprint density at radius 2 is 1.84 bits per heavy atom. The minimum absolute atomic E-state index is 0.0822. The molecule has 0 radical (unpaired) electrons. The van der Waals surface area contributed by atoms with Crippen LogP contribution in [0.5, 0.6) is 0 Å². The van der Waals surface area contributed by atoms with Crippen molar-refractivity contribution in [2.45, 2.75) is 70.9 Å². The van der Waals surface area contributed by atoms with Crippen LogP contribution in [0.3, 0.4) is 0 Å². The van der Waals surface area contributed by atoms with E-state index in [-0.39, 0.29) is 11.9 Å². The second kappa shape index (κ2) is 9.77. The van der Waals surface area contributed by atoms with Crippen molar-refractivity contribution in [1.29, 1.82) is 5.26 Å². The van der Waals surface area contributed by atoms with Crippen molar-refractivity contribution >= 4 is 22.6 Å². The van der Waals surface area contributed by atoms with E-state index >= 15 is 0 Å². The van der Waals surface area contributed by atoms with Gasteiger partial charge in [0.05, 0.1) is 23.0 Å². The molecule has 32 heavy (non-hydrogen) atoms. The Balaban J connectivity index is 0.000000775. The average Bonchev–Trinajstić information content (AvgIpc) is 3.29. The van der Waals surface area contributed by atoms with Crippen molar-refractivity contribution in [2.75, 3.05) is 5.32 Å². The zero-order valence-corrected chi connectivity index (χ0v) is 18.6. The lowest BCUT2D eigenvalue weighted by Gasteiger charge is -2.16. The van der Waals surface area contributed by atoms with Crippen LogP contribution in [0.1, 0.15) is 74.7 Å². The fraction of sp³-hybridized carbons (Fsp3) is 0.458. The number of amides is 1. The van der Waals surface area contributed by atoms with E-state index in [1.807, 2.05) is 6.07 Å². The Hall–Kier alpha value is -3.47. The normalized spacial score (nSPS) is 15.7. The summed E-state index contributed by atoms with van der Waals surface area (Å²) < 4.78 is 1.63. The van der Waals surface area contributed by atoms with Crippen LogP contribution in [0.15, 0.2) is 30.7 Å². The smallest absolute Gasteiger partial charge is 0.255 e. The van der Waals surface area contributed by atoms with Gasteiger partial charge in [0, 0.05) is 35.9 Å². The van der Waals surface area contributed by atoms with Crippen LogP contribution in [0.2, 0.25) is 0 Å². The fourth-order valence-corrected chi connectivity index (χ4v) is 3.79. The minimum Gasteiger partial charge on any atom is -0.382 e. The van der Waals surface area contributed by atoms with Gasteiger partial charge < -0.3 is 10.6 Å². The van der Waals surface area contributed by atoms with Gasteiger partial charge in [0.1, 0.15) is 6.07 Å². The summed E-state index contributed by atoms with van der Waals surface area (Å²) in [5.74, 6) is 0.499. The molecule has 0 unspecified atom stereocenters. The van der Waals surface area contributed by atoms with Crippen molar-refractivity contribution in [3.63, 3.8) is 0 Å². The van der Waals surface area contributed by atoms with E-state index in [1.165, 1.54) is 25.5 Å². The number of pyridine rings is 2. The molecular formula is C24H29N7O. The van der Waals surface area contributed by atoms with Crippen LogP contribution in [-0.4, -0.2) is 37.7 Å². The highest BCUT2D eigenvalue weighted by Crippen LogP contribution is 2.29. The first-order valence-electron chi connectivity index (χ1n) is 11.4. The van der Waals surface area contributed by atoms with E-state index in [0.717, 1.165) is 36.8 Å². The molecule has 3 aromatic heterocycles. The first-order valence-corrected chi connectivity index (χ1v) is 11.4. The third-order valence-corrected chi connectivity index (χ3v) is 5.52. The molecule has 5 rings (SSSR count). The van der Waals surface area contributed by atoms with Gasteiger partial charge in [-0.1, -0.05) is 33.1 Å². The highest BCUT2D eigenvalue weighted by Gasteiger charge is 2.26. The van der Waals surface area contributed by atoms with Crippen molar-refractivity contribution in [3.05, 3.63) is 41.9 Å². The maximum atomic E-state index is 12.8. The molecule has 0 aromatic carbocycles. The van der Waals surface area contributed by atoms with E-state index < -0.39 is 0 Å². The summed E-state index contributed by atoms with van der Waals surface area (Å²) in [5.41, 5.74) is 2.44. The summed E-state index contributed by atoms with van der Waals surface area (Å²) in [4.78, 5) is 21.7. The highest BCUT2D eigenvalue weighted by atomic mass is 16.1. The number of hydrogen-bond donors (Lipinski definition) is 2. The van der Waals surface area contributed by atoms with Crippen LogP contribution < -0.4 is 10.6 Å². The van der Waals surface area contributed by atoms with E-state index in [9.17, 15) is 4.79 Å². The average molecular weight is 432 g/mol. The first-order chi connectivity index (χ1) is 15.6. The number of carbonyl (C=O) groups excluding carboxylic acids is 1. The monoisotopic (exact) mass is 431 g/mol. The van der Waals surface area contributed by atoms with Crippen molar-refractivity contribution in [3.8, 4) is 11.9 Å². The molecule has 0 spiro atoms. The molecule has 0 aliphatic heterocycles. The number of hydrogen-bond acceptors (Lipinski definition) is 6. The maximum Gasteiger partial charge on any atom is 0.255 e. The molecule has 0 saturated heterocycles. The van der Waals surface area contributed by atoms with Crippen LogP contribution in [0.4, 0.5) is 5.69 Å². The second-order valence-corrected chi connectivity index (χ2v) is 8.47. The van der Waals surface area contributed by atoms with Crippen LogP contribution in [0, 0.1) is 11.3 Å². The van der Waals surface area contributed by atoms with Crippen molar-refractivity contribution in [1.82, 2.24) is 25.1 Å². The molecule has 2 fully saturated rings. The topological polar surface area (TPSA) is 109 Å². The minimum atomic E-state index is -0.0822. The van der Waals surface area contributed by atoms with Crippen LogP contribution in [-0.2, 0) is 0 Å². The summed E-state index contributed by atoms with van der Waals surface area (Å²) in [6.07, 6.45) is 12.7. The maximum absolute atomic E-state index is 12.8. The largest absolute Gasteiger partial charge is 0.382 e. The standard InChI is InChI=1S/C21H21N7O.C3H8/c22-9-13-7-14-11-25-28(20(14)24-10-13)19-8-18(26-16-5-6-16)17(12-23-19)21(29)27-15-3-1-2-4-15;1-3-2/h7-8,10-12,15-16H,1-6H2,(H,23,26)(H,27,29);3H2,1-2H3. The first kappa shape index (κ1) is 21.8. The molecule has 8 heteroatoms. The van der Waals surface area contributed by atoms with Crippen molar-refractivity contribution in [2.24, 2.45) is 0 Å².